The molecule has 0 aliphatic rings. The third-order valence-electron chi connectivity index (χ3n) is 3.47. The Hall–Kier alpha value is -2.82. The Morgan fingerprint density at radius 3 is 2.12 bits per heavy atom. The van der Waals surface area contributed by atoms with Crippen molar-refractivity contribution in [3.63, 3.8) is 0 Å². The molecule has 0 spiro atoms. The molecule has 5 nitrogen and oxygen atoms in total. The second-order valence-electron chi connectivity index (χ2n) is 5.89. The number of nitrogens with one attached hydrogen (secondary N) is 1. The highest BCUT2D eigenvalue weighted by molar-refractivity contribution is 6.04. The summed E-state index contributed by atoms with van der Waals surface area (Å²) in [6, 6.07) is 12.9. The fraction of sp³-hybridized carbons (Fsp3) is 0.263. The lowest BCUT2D eigenvalue weighted by atomic mass is 10.1. The first-order valence-electron chi connectivity index (χ1n) is 7.83. The van der Waals surface area contributed by atoms with E-state index in [2.05, 4.69) is 19.2 Å². The van der Waals surface area contributed by atoms with Gasteiger partial charge in [0, 0.05) is 11.3 Å². The van der Waals surface area contributed by atoms with Gasteiger partial charge in [-0.25, -0.2) is 4.79 Å². The Kier molecular flexibility index (Phi) is 5.95. The van der Waals surface area contributed by atoms with Gasteiger partial charge in [0.25, 0.3) is 5.91 Å². The summed E-state index contributed by atoms with van der Waals surface area (Å²) < 4.78 is 5.62. The normalized spacial score (nSPS) is 10.5. The molecule has 0 atom stereocenters. The molecule has 2 aromatic carbocycles. The second-order valence-corrected chi connectivity index (χ2v) is 5.89. The quantitative estimate of drug-likeness (QED) is 0.804. The van der Waals surface area contributed by atoms with Crippen molar-refractivity contribution in [2.75, 3.05) is 11.9 Å². The maximum atomic E-state index is 12.2. The van der Waals surface area contributed by atoms with Crippen molar-refractivity contribution >= 4 is 17.6 Å². The van der Waals surface area contributed by atoms with Gasteiger partial charge in [-0.2, -0.15) is 0 Å². The number of amides is 1. The molecule has 0 radical (unpaired) electrons. The Balaban J connectivity index is 1.93. The number of hydrogen-bond acceptors (Lipinski definition) is 3. The van der Waals surface area contributed by atoms with Gasteiger partial charge in [0.1, 0.15) is 5.75 Å². The molecule has 0 saturated heterocycles. The van der Waals surface area contributed by atoms with Crippen LogP contribution >= 0.6 is 0 Å². The molecular weight excluding hydrogens is 306 g/mol. The molecule has 0 heterocycles. The first-order valence-corrected chi connectivity index (χ1v) is 7.83. The Bertz CT molecular complexity index is 690. The number of anilines is 1. The van der Waals surface area contributed by atoms with Gasteiger partial charge in [-0.15, -0.1) is 0 Å². The number of ether oxygens (including phenoxy) is 1. The van der Waals surface area contributed by atoms with E-state index in [1.165, 1.54) is 12.1 Å². The molecule has 0 unspecified atom stereocenters. The van der Waals surface area contributed by atoms with Crippen LogP contribution in [0, 0.1) is 5.92 Å². The Morgan fingerprint density at radius 2 is 1.58 bits per heavy atom. The summed E-state index contributed by atoms with van der Waals surface area (Å²) in [5, 5.41) is 11.6. The SMILES string of the molecule is CC(C)CCOc1ccc(C(=O)Nc2ccc(C(=O)O)cc2)cc1. The standard InChI is InChI=1S/C19H21NO4/c1-13(2)11-12-24-17-9-5-14(6-10-17)18(21)20-16-7-3-15(4-8-16)19(22)23/h3-10,13H,11-12H2,1-2H3,(H,20,21)(H,22,23). The van der Waals surface area contributed by atoms with E-state index in [4.69, 9.17) is 9.84 Å². The van der Waals surface area contributed by atoms with Gasteiger partial charge in [0.15, 0.2) is 0 Å². The summed E-state index contributed by atoms with van der Waals surface area (Å²) in [6.45, 7) is 4.93. The smallest absolute Gasteiger partial charge is 0.335 e. The molecule has 126 valence electrons. The van der Waals surface area contributed by atoms with E-state index in [9.17, 15) is 9.59 Å². The number of hydrogen-bond donors (Lipinski definition) is 2. The summed E-state index contributed by atoms with van der Waals surface area (Å²) in [6.07, 6.45) is 0.981. The van der Waals surface area contributed by atoms with E-state index in [1.54, 1.807) is 36.4 Å². The van der Waals surface area contributed by atoms with Crippen LogP contribution in [0.3, 0.4) is 0 Å². The lowest BCUT2D eigenvalue weighted by Crippen LogP contribution is -2.12. The van der Waals surface area contributed by atoms with Crippen LogP contribution in [0.5, 0.6) is 5.75 Å². The molecule has 0 saturated carbocycles. The van der Waals surface area contributed by atoms with Crippen molar-refractivity contribution in [2.24, 2.45) is 5.92 Å². The molecular formula is C19H21NO4. The summed E-state index contributed by atoms with van der Waals surface area (Å²) in [5.41, 5.74) is 1.23. The van der Waals surface area contributed by atoms with Gasteiger partial charge in [0.05, 0.1) is 12.2 Å². The van der Waals surface area contributed by atoms with Gasteiger partial charge < -0.3 is 15.2 Å². The monoisotopic (exact) mass is 327 g/mol. The predicted octanol–water partition coefficient (Wildman–Crippen LogP) is 4.06. The third-order valence-corrected chi connectivity index (χ3v) is 3.47. The largest absolute Gasteiger partial charge is 0.494 e. The first-order chi connectivity index (χ1) is 11.5. The molecule has 2 aromatic rings. The van der Waals surface area contributed by atoms with E-state index < -0.39 is 5.97 Å². The molecule has 0 aliphatic heterocycles. The van der Waals surface area contributed by atoms with Gasteiger partial charge >= 0.3 is 5.97 Å². The lowest BCUT2D eigenvalue weighted by molar-refractivity contribution is 0.0696. The van der Waals surface area contributed by atoms with Crippen molar-refractivity contribution in [2.45, 2.75) is 20.3 Å². The molecule has 0 fully saturated rings. The summed E-state index contributed by atoms with van der Waals surface area (Å²) in [4.78, 5) is 23.0. The fourth-order valence-electron chi connectivity index (χ4n) is 2.01. The lowest BCUT2D eigenvalue weighted by Gasteiger charge is -2.09. The van der Waals surface area contributed by atoms with Gasteiger partial charge in [-0.1, -0.05) is 13.8 Å². The van der Waals surface area contributed by atoms with Crippen LogP contribution in [0.25, 0.3) is 0 Å². The average molecular weight is 327 g/mol. The molecule has 0 aromatic heterocycles. The average Bonchev–Trinajstić information content (AvgIpc) is 2.55. The molecule has 2 N–H and O–H groups in total. The molecule has 0 bridgehead atoms. The number of carboxylic acids is 1. The number of aromatic carboxylic acids is 1. The van der Waals surface area contributed by atoms with E-state index in [0.717, 1.165) is 12.2 Å². The number of carbonyl (C=O) groups is 2. The maximum absolute atomic E-state index is 12.2. The third kappa shape index (κ3) is 5.12. The number of benzene rings is 2. The van der Waals surface area contributed by atoms with Crippen LogP contribution in [0.15, 0.2) is 48.5 Å². The molecule has 1 amide bonds. The summed E-state index contributed by atoms with van der Waals surface area (Å²) in [7, 11) is 0. The molecule has 2 rings (SSSR count). The van der Waals surface area contributed by atoms with Gasteiger partial charge in [-0.3, -0.25) is 4.79 Å². The van der Waals surface area contributed by atoms with Crippen LogP contribution in [0.2, 0.25) is 0 Å². The van der Waals surface area contributed by atoms with Crippen LogP contribution in [0.1, 0.15) is 41.0 Å². The van der Waals surface area contributed by atoms with Crippen LogP contribution in [-0.4, -0.2) is 23.6 Å². The van der Waals surface area contributed by atoms with Crippen molar-refractivity contribution in [1.82, 2.24) is 0 Å². The Morgan fingerprint density at radius 1 is 1.00 bits per heavy atom. The zero-order valence-electron chi connectivity index (χ0n) is 13.8. The molecule has 5 heteroatoms. The van der Waals surface area contributed by atoms with Gasteiger partial charge in [0.2, 0.25) is 0 Å². The fourth-order valence-corrected chi connectivity index (χ4v) is 2.01. The highest BCUT2D eigenvalue weighted by Gasteiger charge is 2.08. The van der Waals surface area contributed by atoms with E-state index >= 15 is 0 Å². The predicted molar refractivity (Wildman–Crippen MR) is 92.7 cm³/mol. The number of rotatable bonds is 7. The van der Waals surface area contributed by atoms with Crippen molar-refractivity contribution < 1.29 is 19.4 Å². The molecule has 0 aliphatic carbocycles. The zero-order chi connectivity index (χ0) is 17.5. The summed E-state index contributed by atoms with van der Waals surface area (Å²) in [5.74, 6) is 0.0633. The van der Waals surface area contributed by atoms with Crippen molar-refractivity contribution in [1.29, 1.82) is 0 Å². The highest BCUT2D eigenvalue weighted by Crippen LogP contribution is 2.16. The summed E-state index contributed by atoms with van der Waals surface area (Å²) >= 11 is 0. The number of carboxylic acid groups (broad SMARTS) is 1. The first kappa shape index (κ1) is 17.5. The van der Waals surface area contributed by atoms with Crippen LogP contribution < -0.4 is 10.1 Å². The zero-order valence-corrected chi connectivity index (χ0v) is 13.8. The molecule has 24 heavy (non-hydrogen) atoms. The van der Waals surface area contributed by atoms with Crippen molar-refractivity contribution in [3.05, 3.63) is 59.7 Å². The minimum atomic E-state index is -0.999. The second kappa shape index (κ2) is 8.15. The van der Waals surface area contributed by atoms with E-state index in [0.29, 0.717) is 23.8 Å². The maximum Gasteiger partial charge on any atom is 0.335 e. The minimum Gasteiger partial charge on any atom is -0.494 e. The van der Waals surface area contributed by atoms with Crippen LogP contribution in [-0.2, 0) is 0 Å². The number of carbonyl (C=O) groups excluding carboxylic acids is 1. The van der Waals surface area contributed by atoms with E-state index in [-0.39, 0.29) is 11.5 Å². The van der Waals surface area contributed by atoms with Gasteiger partial charge in [-0.05, 0) is 60.9 Å². The highest BCUT2D eigenvalue weighted by atomic mass is 16.5. The van der Waals surface area contributed by atoms with Crippen LogP contribution in [0.4, 0.5) is 5.69 Å². The van der Waals surface area contributed by atoms with E-state index in [1.807, 2.05) is 0 Å². The topological polar surface area (TPSA) is 75.6 Å². The van der Waals surface area contributed by atoms with Crippen molar-refractivity contribution in [3.8, 4) is 5.75 Å². The minimum absolute atomic E-state index is 0.177. The Labute approximate surface area is 141 Å².